The van der Waals surface area contributed by atoms with Crippen LogP contribution in [-0.4, -0.2) is 37.1 Å². The Hall–Kier alpha value is -3.68. The van der Waals surface area contributed by atoms with E-state index in [0.29, 0.717) is 0 Å². The van der Waals surface area contributed by atoms with Crippen molar-refractivity contribution in [2.45, 2.75) is 13.8 Å². The second-order valence-electron chi connectivity index (χ2n) is 5.79. The highest BCUT2D eigenvalue weighted by Crippen LogP contribution is 2.14. The van der Waals surface area contributed by atoms with Gasteiger partial charge in [0, 0.05) is 24.5 Å². The van der Waals surface area contributed by atoms with Crippen molar-refractivity contribution in [1.29, 1.82) is 0 Å². The Bertz CT molecular complexity index is 874. The second kappa shape index (κ2) is 9.86. The van der Waals surface area contributed by atoms with Crippen LogP contribution < -0.4 is 20.7 Å². The molecule has 0 unspecified atom stereocenters. The number of carbonyl (C=O) groups is 3. The minimum atomic E-state index is -1.38. The maximum atomic E-state index is 11.9. The van der Waals surface area contributed by atoms with Crippen molar-refractivity contribution in [2.24, 2.45) is 5.10 Å². The first-order valence-electron chi connectivity index (χ1n) is 8.75. The molecule has 2 N–H and O–H groups in total. The van der Waals surface area contributed by atoms with Gasteiger partial charge in [0.1, 0.15) is 0 Å². The van der Waals surface area contributed by atoms with Gasteiger partial charge in [0.2, 0.25) is 0 Å². The fourth-order valence-corrected chi connectivity index (χ4v) is 2.49. The molecule has 28 heavy (non-hydrogen) atoms. The van der Waals surface area contributed by atoms with Gasteiger partial charge in [0.15, 0.2) is 0 Å². The Morgan fingerprint density at radius 2 is 1.71 bits per heavy atom. The zero-order valence-electron chi connectivity index (χ0n) is 15.6. The summed E-state index contributed by atoms with van der Waals surface area (Å²) in [5.41, 5.74) is 4.03. The van der Waals surface area contributed by atoms with Gasteiger partial charge in [0.05, 0.1) is 12.2 Å². The lowest BCUT2D eigenvalue weighted by Gasteiger charge is -2.20. The summed E-state index contributed by atoms with van der Waals surface area (Å²) in [5, 5.41) is 16.9. The summed E-state index contributed by atoms with van der Waals surface area (Å²) < 4.78 is 0. The quantitative estimate of drug-likeness (QED) is 0.422. The molecule has 8 nitrogen and oxygen atoms in total. The van der Waals surface area contributed by atoms with E-state index in [1.54, 1.807) is 0 Å². The van der Waals surface area contributed by atoms with Crippen LogP contribution in [0.5, 0.6) is 0 Å². The molecule has 0 aromatic heterocycles. The average molecular weight is 381 g/mol. The predicted octanol–water partition coefficient (Wildman–Crippen LogP) is 0.985. The van der Waals surface area contributed by atoms with Crippen molar-refractivity contribution in [3.05, 3.63) is 59.7 Å². The first-order chi connectivity index (χ1) is 13.4. The molecule has 0 aliphatic rings. The topological polar surface area (TPSA) is 114 Å². The Kier molecular flexibility index (Phi) is 7.27. The minimum absolute atomic E-state index is 0.107. The van der Waals surface area contributed by atoms with Crippen LogP contribution in [0.2, 0.25) is 0 Å². The number of carbonyl (C=O) groups excluding carboxylic acids is 3. The monoisotopic (exact) mass is 381 g/mol. The summed E-state index contributed by atoms with van der Waals surface area (Å²) in [6, 6.07) is 13.0. The highest BCUT2D eigenvalue weighted by Gasteiger charge is 2.13. The van der Waals surface area contributed by atoms with Crippen LogP contribution in [0, 0.1) is 0 Å². The summed E-state index contributed by atoms with van der Waals surface area (Å²) in [7, 11) is 0. The number of carboxylic acids is 1. The van der Waals surface area contributed by atoms with Crippen LogP contribution in [0.25, 0.3) is 0 Å². The predicted molar refractivity (Wildman–Crippen MR) is 105 cm³/mol. The first kappa shape index (κ1) is 20.6. The van der Waals surface area contributed by atoms with Crippen molar-refractivity contribution < 1.29 is 19.5 Å². The third-order valence-corrected chi connectivity index (χ3v) is 3.96. The molecule has 146 valence electrons. The van der Waals surface area contributed by atoms with E-state index in [9.17, 15) is 19.5 Å². The Labute approximate surface area is 162 Å². The fourth-order valence-electron chi connectivity index (χ4n) is 2.49. The largest absolute Gasteiger partial charge is 0.545 e. The average Bonchev–Trinajstić information content (AvgIpc) is 2.70. The number of nitrogens with zero attached hydrogens (tertiary/aromatic N) is 2. The molecule has 0 heterocycles. The van der Waals surface area contributed by atoms with Crippen molar-refractivity contribution in [1.82, 2.24) is 5.43 Å². The van der Waals surface area contributed by atoms with Gasteiger partial charge < -0.3 is 20.1 Å². The molecule has 0 atom stereocenters. The Morgan fingerprint density at radius 1 is 1.04 bits per heavy atom. The van der Waals surface area contributed by atoms with Crippen LogP contribution in [0.4, 0.5) is 11.4 Å². The molecule has 2 amide bonds. The molecule has 0 saturated heterocycles. The van der Waals surface area contributed by atoms with Gasteiger partial charge in [-0.05, 0) is 49.2 Å². The number of carboxylic acid groups (broad SMARTS) is 1. The summed E-state index contributed by atoms with van der Waals surface area (Å²) in [6.07, 6.45) is 1.42. The maximum absolute atomic E-state index is 11.9. The molecule has 0 spiro atoms. The third kappa shape index (κ3) is 5.66. The lowest BCUT2D eigenvalue weighted by molar-refractivity contribution is -0.255. The van der Waals surface area contributed by atoms with E-state index in [-0.39, 0.29) is 11.3 Å². The van der Waals surface area contributed by atoms with E-state index in [1.165, 1.54) is 30.5 Å². The molecule has 2 rings (SSSR count). The van der Waals surface area contributed by atoms with Crippen molar-refractivity contribution in [3.8, 4) is 0 Å². The summed E-state index contributed by atoms with van der Waals surface area (Å²) >= 11 is 0. The Morgan fingerprint density at radius 3 is 2.32 bits per heavy atom. The molecule has 0 radical (unpaired) electrons. The molecule has 2 aromatic carbocycles. The molecule has 2 aromatic rings. The van der Waals surface area contributed by atoms with Gasteiger partial charge in [-0.3, -0.25) is 9.59 Å². The maximum Gasteiger partial charge on any atom is 0.329 e. The van der Waals surface area contributed by atoms with E-state index >= 15 is 0 Å². The molecule has 0 aliphatic heterocycles. The van der Waals surface area contributed by atoms with Gasteiger partial charge in [-0.25, -0.2) is 5.43 Å². The van der Waals surface area contributed by atoms with Crippen molar-refractivity contribution in [2.75, 3.05) is 23.3 Å². The number of hydrogen-bond donors (Lipinski definition) is 2. The summed E-state index contributed by atoms with van der Waals surface area (Å²) in [6.45, 7) is 5.96. The van der Waals surface area contributed by atoms with E-state index in [1.807, 2.05) is 24.3 Å². The fraction of sp³-hybridized carbons (Fsp3) is 0.200. The number of rotatable bonds is 7. The van der Waals surface area contributed by atoms with Gasteiger partial charge in [0.25, 0.3) is 0 Å². The zero-order valence-corrected chi connectivity index (χ0v) is 15.6. The smallest absolute Gasteiger partial charge is 0.329 e. The van der Waals surface area contributed by atoms with Crippen molar-refractivity contribution >= 4 is 35.4 Å². The standard InChI is InChI=1S/C20H22N4O4/c1-3-24(4-2)17-10-8-14(9-11-17)13-21-23-19(26)18(25)22-16-7-5-6-15(12-16)20(27)28/h5-13H,3-4H2,1-2H3,(H,22,25)(H,23,26)(H,27,28)/p-1/b21-13-. The zero-order chi connectivity index (χ0) is 20.5. The molecular weight excluding hydrogens is 360 g/mol. The number of nitrogens with one attached hydrogen (secondary N) is 2. The molecule has 0 saturated carbocycles. The van der Waals surface area contributed by atoms with Crippen molar-refractivity contribution in [3.63, 3.8) is 0 Å². The van der Waals surface area contributed by atoms with E-state index in [4.69, 9.17) is 0 Å². The number of hydrazone groups is 1. The van der Waals surface area contributed by atoms with Gasteiger partial charge in [-0.1, -0.05) is 24.3 Å². The van der Waals surface area contributed by atoms with E-state index in [0.717, 1.165) is 24.3 Å². The van der Waals surface area contributed by atoms with Gasteiger partial charge >= 0.3 is 11.8 Å². The molecule has 0 aliphatic carbocycles. The van der Waals surface area contributed by atoms with Crippen LogP contribution in [0.15, 0.2) is 53.6 Å². The van der Waals surface area contributed by atoms with Crippen LogP contribution >= 0.6 is 0 Å². The summed E-state index contributed by atoms with van der Waals surface area (Å²) in [5.74, 6) is -3.32. The van der Waals surface area contributed by atoms with Crippen LogP contribution in [-0.2, 0) is 9.59 Å². The molecule has 8 heteroatoms. The number of hydrogen-bond acceptors (Lipinski definition) is 6. The molecule has 0 bridgehead atoms. The van der Waals surface area contributed by atoms with E-state index in [2.05, 4.69) is 34.6 Å². The first-order valence-corrected chi connectivity index (χ1v) is 8.75. The summed E-state index contributed by atoms with van der Waals surface area (Å²) in [4.78, 5) is 36.7. The molecule has 0 fully saturated rings. The minimum Gasteiger partial charge on any atom is -0.545 e. The SMILES string of the molecule is CCN(CC)c1ccc(/C=N\NC(=O)C(=O)Nc2cccc(C(=O)[O-])c2)cc1. The van der Waals surface area contributed by atoms with Gasteiger partial charge in [-0.15, -0.1) is 0 Å². The second-order valence-corrected chi connectivity index (χ2v) is 5.79. The lowest BCUT2D eigenvalue weighted by atomic mass is 10.2. The number of anilines is 2. The highest BCUT2D eigenvalue weighted by molar-refractivity contribution is 6.39. The highest BCUT2D eigenvalue weighted by atomic mass is 16.4. The van der Waals surface area contributed by atoms with Crippen LogP contribution in [0.3, 0.4) is 0 Å². The third-order valence-electron chi connectivity index (χ3n) is 3.96. The number of aromatic carboxylic acids is 1. The number of benzene rings is 2. The Balaban J connectivity index is 1.91. The molecular formula is C20H21N4O4-. The number of amides is 2. The normalized spacial score (nSPS) is 10.5. The van der Waals surface area contributed by atoms with Crippen LogP contribution in [0.1, 0.15) is 29.8 Å². The lowest BCUT2D eigenvalue weighted by Crippen LogP contribution is -2.32. The van der Waals surface area contributed by atoms with Gasteiger partial charge in [-0.2, -0.15) is 5.10 Å². The van der Waals surface area contributed by atoms with E-state index < -0.39 is 17.8 Å².